The summed E-state index contributed by atoms with van der Waals surface area (Å²) in [6.07, 6.45) is 0. The molecule has 0 aliphatic rings. The van der Waals surface area contributed by atoms with Crippen molar-refractivity contribution in [1.29, 1.82) is 0 Å². The van der Waals surface area contributed by atoms with Crippen molar-refractivity contribution in [2.45, 2.75) is 18.7 Å². The minimum atomic E-state index is -0.0392. The molecule has 0 unspecified atom stereocenters. The Morgan fingerprint density at radius 3 is 2.71 bits per heavy atom. The molecule has 0 saturated heterocycles. The Hall–Kier alpha value is -1.46. The van der Waals surface area contributed by atoms with Gasteiger partial charge in [0.15, 0.2) is 0 Å². The molecule has 110 valence electrons. The first kappa shape index (κ1) is 15.9. The number of thioether (sulfide) groups is 1. The molecule has 0 spiro atoms. The quantitative estimate of drug-likeness (QED) is 0.625. The van der Waals surface area contributed by atoms with Gasteiger partial charge in [-0.25, -0.2) is 0 Å². The Morgan fingerprint density at radius 2 is 2.00 bits per heavy atom. The van der Waals surface area contributed by atoms with E-state index in [0.717, 1.165) is 26.2 Å². The molecule has 5 heteroatoms. The van der Waals surface area contributed by atoms with E-state index in [1.54, 1.807) is 0 Å². The molecule has 2 aromatic rings. The van der Waals surface area contributed by atoms with Crippen LogP contribution in [0.15, 0.2) is 45.8 Å². The van der Waals surface area contributed by atoms with E-state index in [-0.39, 0.29) is 5.91 Å². The largest absolute Gasteiger partial charge is 0.398 e. The van der Waals surface area contributed by atoms with Crippen molar-refractivity contribution in [2.75, 3.05) is 16.8 Å². The topological polar surface area (TPSA) is 55.1 Å². The van der Waals surface area contributed by atoms with Gasteiger partial charge in [-0.2, -0.15) is 0 Å². The van der Waals surface area contributed by atoms with E-state index in [1.165, 1.54) is 11.8 Å². The van der Waals surface area contributed by atoms with Crippen LogP contribution in [0.25, 0.3) is 0 Å². The highest BCUT2D eigenvalue weighted by Crippen LogP contribution is 2.26. The number of hydrogen-bond acceptors (Lipinski definition) is 3. The normalized spacial score (nSPS) is 10.4. The average molecular weight is 365 g/mol. The standard InChI is InChI=1S/C16H17BrN2OS/c1-10-3-6-14(18)15(7-10)21-9-16(20)19-12-4-5-13(17)11(2)8-12/h3-8H,9,18H2,1-2H3,(H,19,20). The van der Waals surface area contributed by atoms with Gasteiger partial charge in [0.1, 0.15) is 0 Å². The number of nitrogen functional groups attached to an aromatic ring is 1. The Balaban J connectivity index is 1.95. The first-order chi connectivity index (χ1) is 9.95. The molecular weight excluding hydrogens is 348 g/mol. The zero-order valence-electron chi connectivity index (χ0n) is 11.9. The van der Waals surface area contributed by atoms with Gasteiger partial charge in [-0.3, -0.25) is 4.79 Å². The maximum absolute atomic E-state index is 12.0. The highest BCUT2D eigenvalue weighted by molar-refractivity contribution is 9.10. The average Bonchev–Trinajstić information content (AvgIpc) is 2.44. The number of benzene rings is 2. The van der Waals surface area contributed by atoms with Crippen LogP contribution >= 0.6 is 27.7 Å². The molecular formula is C16H17BrN2OS. The number of nitrogens with two attached hydrogens (primary N) is 1. The second kappa shape index (κ2) is 7.00. The maximum Gasteiger partial charge on any atom is 0.234 e. The molecule has 0 fully saturated rings. The van der Waals surface area contributed by atoms with E-state index in [2.05, 4.69) is 21.2 Å². The molecule has 0 aliphatic heterocycles. The van der Waals surface area contributed by atoms with Crippen molar-refractivity contribution in [3.63, 3.8) is 0 Å². The molecule has 3 N–H and O–H groups in total. The van der Waals surface area contributed by atoms with Gasteiger partial charge in [0.05, 0.1) is 5.75 Å². The highest BCUT2D eigenvalue weighted by atomic mass is 79.9. The number of aryl methyl sites for hydroxylation is 2. The summed E-state index contributed by atoms with van der Waals surface area (Å²) in [6, 6.07) is 11.6. The van der Waals surface area contributed by atoms with Crippen LogP contribution in [0.5, 0.6) is 0 Å². The summed E-state index contributed by atoms with van der Waals surface area (Å²) in [5, 5.41) is 2.89. The smallest absolute Gasteiger partial charge is 0.234 e. The Morgan fingerprint density at radius 1 is 1.24 bits per heavy atom. The van der Waals surface area contributed by atoms with E-state index < -0.39 is 0 Å². The van der Waals surface area contributed by atoms with Gasteiger partial charge in [0, 0.05) is 20.7 Å². The first-order valence-corrected chi connectivity index (χ1v) is 8.28. The van der Waals surface area contributed by atoms with Crippen molar-refractivity contribution in [3.8, 4) is 0 Å². The van der Waals surface area contributed by atoms with Crippen LogP contribution in [-0.4, -0.2) is 11.7 Å². The molecule has 2 rings (SSSR count). The van der Waals surface area contributed by atoms with Gasteiger partial charge in [0.2, 0.25) is 5.91 Å². The molecule has 0 radical (unpaired) electrons. The Bertz CT molecular complexity index is 673. The van der Waals surface area contributed by atoms with E-state index in [4.69, 9.17) is 5.73 Å². The number of halogens is 1. The van der Waals surface area contributed by atoms with Crippen LogP contribution < -0.4 is 11.1 Å². The van der Waals surface area contributed by atoms with Crippen LogP contribution in [0.3, 0.4) is 0 Å². The number of hydrogen-bond donors (Lipinski definition) is 2. The fourth-order valence-corrected chi connectivity index (χ4v) is 2.94. The minimum Gasteiger partial charge on any atom is -0.398 e. The van der Waals surface area contributed by atoms with Crippen LogP contribution in [0, 0.1) is 13.8 Å². The van der Waals surface area contributed by atoms with Crippen molar-refractivity contribution >= 4 is 45.0 Å². The predicted octanol–water partition coefficient (Wildman–Crippen LogP) is 4.38. The van der Waals surface area contributed by atoms with Crippen LogP contribution in [-0.2, 0) is 4.79 Å². The van der Waals surface area contributed by atoms with E-state index in [1.807, 2.05) is 50.2 Å². The number of carbonyl (C=O) groups excluding carboxylic acids is 1. The van der Waals surface area contributed by atoms with Gasteiger partial charge in [0.25, 0.3) is 0 Å². The van der Waals surface area contributed by atoms with Crippen molar-refractivity contribution in [2.24, 2.45) is 0 Å². The van der Waals surface area contributed by atoms with Crippen LogP contribution in [0.1, 0.15) is 11.1 Å². The summed E-state index contributed by atoms with van der Waals surface area (Å²) >= 11 is 4.89. The molecule has 0 aliphatic carbocycles. The lowest BCUT2D eigenvalue weighted by atomic mass is 10.2. The van der Waals surface area contributed by atoms with Gasteiger partial charge < -0.3 is 11.1 Å². The molecule has 2 aromatic carbocycles. The fraction of sp³-hybridized carbons (Fsp3) is 0.188. The van der Waals surface area contributed by atoms with E-state index >= 15 is 0 Å². The van der Waals surface area contributed by atoms with Crippen LogP contribution in [0.2, 0.25) is 0 Å². The summed E-state index contributed by atoms with van der Waals surface area (Å²) < 4.78 is 1.03. The highest BCUT2D eigenvalue weighted by Gasteiger charge is 2.07. The van der Waals surface area contributed by atoms with Gasteiger partial charge in [-0.1, -0.05) is 22.0 Å². The molecule has 3 nitrogen and oxygen atoms in total. The van der Waals surface area contributed by atoms with Crippen molar-refractivity contribution in [3.05, 3.63) is 52.0 Å². The predicted molar refractivity (Wildman–Crippen MR) is 93.8 cm³/mol. The number of nitrogens with one attached hydrogen (secondary N) is 1. The van der Waals surface area contributed by atoms with E-state index in [9.17, 15) is 4.79 Å². The molecule has 0 aromatic heterocycles. The van der Waals surface area contributed by atoms with Gasteiger partial charge >= 0.3 is 0 Å². The number of amides is 1. The summed E-state index contributed by atoms with van der Waals surface area (Å²) in [5.41, 5.74) is 9.64. The molecule has 0 bridgehead atoms. The van der Waals surface area contributed by atoms with Crippen molar-refractivity contribution < 1.29 is 4.79 Å². The maximum atomic E-state index is 12.0. The summed E-state index contributed by atoms with van der Waals surface area (Å²) in [6.45, 7) is 4.00. The zero-order valence-corrected chi connectivity index (χ0v) is 14.3. The third kappa shape index (κ3) is 4.51. The molecule has 0 atom stereocenters. The number of anilines is 2. The Kier molecular flexibility index (Phi) is 5.31. The van der Waals surface area contributed by atoms with Crippen LogP contribution in [0.4, 0.5) is 11.4 Å². The first-order valence-electron chi connectivity index (χ1n) is 6.50. The molecule has 1 amide bonds. The minimum absolute atomic E-state index is 0.0392. The fourth-order valence-electron chi connectivity index (χ4n) is 1.83. The SMILES string of the molecule is Cc1ccc(N)c(SCC(=O)Nc2ccc(Br)c(C)c2)c1. The lowest BCUT2D eigenvalue weighted by Gasteiger charge is -2.08. The molecule has 0 saturated carbocycles. The lowest BCUT2D eigenvalue weighted by Crippen LogP contribution is -2.14. The third-order valence-corrected chi connectivity index (χ3v) is 4.93. The van der Waals surface area contributed by atoms with Gasteiger partial charge in [-0.05, 0) is 55.3 Å². The summed E-state index contributed by atoms with van der Waals surface area (Å²) in [7, 11) is 0. The third-order valence-electron chi connectivity index (χ3n) is 2.97. The summed E-state index contributed by atoms with van der Waals surface area (Å²) in [5.74, 6) is 0.297. The number of carbonyl (C=O) groups is 1. The van der Waals surface area contributed by atoms with E-state index in [0.29, 0.717) is 11.4 Å². The Labute approximate surface area is 137 Å². The lowest BCUT2D eigenvalue weighted by molar-refractivity contribution is -0.113. The molecule has 0 heterocycles. The second-order valence-electron chi connectivity index (χ2n) is 4.84. The second-order valence-corrected chi connectivity index (χ2v) is 6.71. The molecule has 21 heavy (non-hydrogen) atoms. The van der Waals surface area contributed by atoms with Crippen molar-refractivity contribution in [1.82, 2.24) is 0 Å². The van der Waals surface area contributed by atoms with Gasteiger partial charge in [-0.15, -0.1) is 11.8 Å². The number of rotatable bonds is 4. The zero-order chi connectivity index (χ0) is 15.4. The summed E-state index contributed by atoms with van der Waals surface area (Å²) in [4.78, 5) is 12.9. The monoisotopic (exact) mass is 364 g/mol.